The van der Waals surface area contributed by atoms with Gasteiger partial charge in [0.15, 0.2) is 0 Å². The van der Waals surface area contributed by atoms with Crippen LogP contribution in [-0.2, 0) is 16.3 Å². The second-order valence-electron chi connectivity index (χ2n) is 6.96. The van der Waals surface area contributed by atoms with Crippen LogP contribution in [0.15, 0.2) is 87.6 Å². The molecule has 0 amide bonds. The van der Waals surface area contributed by atoms with Gasteiger partial charge in [0.1, 0.15) is 5.03 Å². The number of nitrogens with one attached hydrogen (secondary N) is 1. The molecule has 31 heavy (non-hydrogen) atoms. The maximum atomic E-state index is 12.7. The molecule has 0 aliphatic heterocycles. The lowest BCUT2D eigenvalue weighted by Crippen LogP contribution is -2.06. The molecule has 3 aromatic carbocycles. The van der Waals surface area contributed by atoms with E-state index in [1.807, 2.05) is 36.6 Å². The van der Waals surface area contributed by atoms with E-state index < -0.39 is 9.84 Å². The van der Waals surface area contributed by atoms with Gasteiger partial charge in [-0.05, 0) is 60.7 Å². The fourth-order valence-electron chi connectivity index (χ4n) is 3.31. The molecule has 8 heteroatoms. The molecular weight excluding hydrogens is 428 g/mol. The maximum Gasteiger partial charge on any atom is 0.221 e. The van der Waals surface area contributed by atoms with Gasteiger partial charge in [-0.2, -0.15) is 0 Å². The molecule has 0 aliphatic carbocycles. The van der Waals surface area contributed by atoms with E-state index >= 15 is 0 Å². The molecule has 4 aromatic rings. The minimum atomic E-state index is -3.49. The summed E-state index contributed by atoms with van der Waals surface area (Å²) >= 11 is 1.54. The Morgan fingerprint density at radius 2 is 1.65 bits per heavy atom. The Kier molecular flexibility index (Phi) is 6.11. The van der Waals surface area contributed by atoms with E-state index in [0.29, 0.717) is 16.3 Å². The highest BCUT2D eigenvalue weighted by Crippen LogP contribution is 2.27. The number of hydrogen-bond donors (Lipinski definition) is 2. The molecule has 0 radical (unpaired) electrons. The molecule has 4 rings (SSSR count). The lowest BCUT2D eigenvalue weighted by atomic mass is 10.1. The molecule has 6 nitrogen and oxygen atoms in total. The molecular formula is C23H22N4O2S2. The summed E-state index contributed by atoms with van der Waals surface area (Å²) in [5.74, 6) is 0.273. The zero-order valence-electron chi connectivity index (χ0n) is 16.9. The third-order valence-electron chi connectivity index (χ3n) is 4.90. The Hall–Kier alpha value is -3.10. The van der Waals surface area contributed by atoms with Crippen molar-refractivity contribution in [3.05, 3.63) is 78.4 Å². The molecule has 3 N–H and O–H groups in total. The smallest absolute Gasteiger partial charge is 0.221 e. The van der Waals surface area contributed by atoms with Crippen LogP contribution in [-0.4, -0.2) is 31.2 Å². The standard InChI is InChI=1S/C23H22N4O2S2/c1-30-22-20-15-17(9-12-21(20)26-23(24)27-22)25-14-13-16-7-10-19(11-8-16)31(28,29)18-5-3-2-4-6-18/h2-12,15,25H,13-14H2,1H3,(H2,24,26,27). The summed E-state index contributed by atoms with van der Waals surface area (Å²) in [5, 5.41) is 5.22. The number of aromatic nitrogens is 2. The van der Waals surface area contributed by atoms with Gasteiger partial charge in [0.05, 0.1) is 15.3 Å². The average molecular weight is 451 g/mol. The highest BCUT2D eigenvalue weighted by Gasteiger charge is 2.16. The summed E-state index contributed by atoms with van der Waals surface area (Å²) in [4.78, 5) is 9.17. The predicted octanol–water partition coefficient (Wildman–Crippen LogP) is 4.42. The van der Waals surface area contributed by atoms with Crippen molar-refractivity contribution in [1.29, 1.82) is 0 Å². The van der Waals surface area contributed by atoms with Gasteiger partial charge in [0.25, 0.3) is 0 Å². The molecule has 0 spiro atoms. The van der Waals surface area contributed by atoms with Gasteiger partial charge in [0.2, 0.25) is 15.8 Å². The van der Waals surface area contributed by atoms with E-state index in [1.54, 1.807) is 42.5 Å². The van der Waals surface area contributed by atoms with E-state index in [-0.39, 0.29) is 5.95 Å². The van der Waals surface area contributed by atoms with Gasteiger partial charge in [0, 0.05) is 17.6 Å². The SMILES string of the molecule is CSc1nc(N)nc2ccc(NCCc3ccc(S(=O)(=O)c4ccccc4)cc3)cc12. The number of sulfone groups is 1. The van der Waals surface area contributed by atoms with Crippen LogP contribution in [0.5, 0.6) is 0 Å². The first-order chi connectivity index (χ1) is 15.0. The fraction of sp³-hybridized carbons (Fsp3) is 0.130. The van der Waals surface area contributed by atoms with Crippen LogP contribution in [0.25, 0.3) is 10.9 Å². The summed E-state index contributed by atoms with van der Waals surface area (Å²) in [6, 6.07) is 21.4. The van der Waals surface area contributed by atoms with Crippen LogP contribution in [0.1, 0.15) is 5.56 Å². The molecule has 0 aliphatic rings. The third kappa shape index (κ3) is 4.65. The minimum Gasteiger partial charge on any atom is -0.385 e. The largest absolute Gasteiger partial charge is 0.385 e. The number of rotatable bonds is 7. The van der Waals surface area contributed by atoms with Crippen LogP contribution in [0.4, 0.5) is 11.6 Å². The summed E-state index contributed by atoms with van der Waals surface area (Å²) in [7, 11) is -3.49. The Balaban J connectivity index is 1.43. The second-order valence-corrected chi connectivity index (χ2v) is 9.70. The summed E-state index contributed by atoms with van der Waals surface area (Å²) in [5.41, 5.74) is 8.61. The topological polar surface area (TPSA) is 98.0 Å². The number of benzene rings is 3. The van der Waals surface area contributed by atoms with Gasteiger partial charge in [-0.25, -0.2) is 18.4 Å². The molecule has 0 atom stereocenters. The van der Waals surface area contributed by atoms with Crippen LogP contribution in [0.3, 0.4) is 0 Å². The van der Waals surface area contributed by atoms with E-state index in [9.17, 15) is 8.42 Å². The molecule has 0 bridgehead atoms. The quantitative estimate of drug-likeness (QED) is 0.318. The van der Waals surface area contributed by atoms with E-state index in [1.165, 1.54) is 11.8 Å². The lowest BCUT2D eigenvalue weighted by Gasteiger charge is -2.10. The number of hydrogen-bond acceptors (Lipinski definition) is 7. The number of anilines is 2. The molecule has 1 aromatic heterocycles. The fourth-order valence-corrected chi connectivity index (χ4v) is 5.16. The number of thioether (sulfide) groups is 1. The number of fused-ring (bicyclic) bond motifs is 1. The van der Waals surface area contributed by atoms with Crippen molar-refractivity contribution in [2.24, 2.45) is 0 Å². The molecule has 158 valence electrons. The molecule has 0 fully saturated rings. The Labute approximate surface area is 185 Å². The predicted molar refractivity (Wildman–Crippen MR) is 126 cm³/mol. The monoisotopic (exact) mass is 450 g/mol. The van der Waals surface area contributed by atoms with Crippen molar-refractivity contribution in [3.8, 4) is 0 Å². The first-order valence-corrected chi connectivity index (χ1v) is 12.4. The average Bonchev–Trinajstić information content (AvgIpc) is 2.79. The zero-order valence-corrected chi connectivity index (χ0v) is 18.6. The maximum absolute atomic E-state index is 12.7. The van der Waals surface area contributed by atoms with Crippen molar-refractivity contribution >= 4 is 44.1 Å². The van der Waals surface area contributed by atoms with Crippen molar-refractivity contribution in [2.75, 3.05) is 23.9 Å². The Morgan fingerprint density at radius 3 is 2.35 bits per heavy atom. The van der Waals surface area contributed by atoms with Gasteiger partial charge >= 0.3 is 0 Å². The highest BCUT2D eigenvalue weighted by molar-refractivity contribution is 7.98. The zero-order chi connectivity index (χ0) is 21.8. The summed E-state index contributed by atoms with van der Waals surface area (Å²) in [6.07, 6.45) is 2.72. The first-order valence-electron chi connectivity index (χ1n) is 9.71. The number of nitrogens with zero attached hydrogens (tertiary/aromatic N) is 2. The number of nitrogen functional groups attached to an aromatic ring is 1. The van der Waals surface area contributed by atoms with Gasteiger partial charge in [-0.3, -0.25) is 0 Å². The van der Waals surface area contributed by atoms with Crippen LogP contribution in [0, 0.1) is 0 Å². The van der Waals surface area contributed by atoms with Crippen molar-refractivity contribution in [1.82, 2.24) is 9.97 Å². The molecule has 1 heterocycles. The molecule has 0 saturated carbocycles. The number of nitrogens with two attached hydrogens (primary N) is 1. The normalized spacial score (nSPS) is 11.5. The molecule has 0 unspecified atom stereocenters. The van der Waals surface area contributed by atoms with E-state index in [2.05, 4.69) is 15.3 Å². The van der Waals surface area contributed by atoms with Gasteiger partial charge in [-0.15, -0.1) is 11.8 Å². The minimum absolute atomic E-state index is 0.273. The highest BCUT2D eigenvalue weighted by atomic mass is 32.2. The second kappa shape index (κ2) is 8.95. The van der Waals surface area contributed by atoms with Crippen molar-refractivity contribution in [2.45, 2.75) is 21.2 Å². The van der Waals surface area contributed by atoms with E-state index in [0.717, 1.165) is 33.6 Å². The van der Waals surface area contributed by atoms with Gasteiger partial charge < -0.3 is 11.1 Å². The van der Waals surface area contributed by atoms with Crippen molar-refractivity contribution < 1.29 is 8.42 Å². The third-order valence-corrected chi connectivity index (χ3v) is 7.38. The Bertz CT molecular complexity index is 1310. The molecule has 0 saturated heterocycles. The first kappa shape index (κ1) is 21.1. The lowest BCUT2D eigenvalue weighted by molar-refractivity contribution is 0.596. The Morgan fingerprint density at radius 1 is 0.935 bits per heavy atom. The van der Waals surface area contributed by atoms with Crippen molar-refractivity contribution in [3.63, 3.8) is 0 Å². The van der Waals surface area contributed by atoms with Crippen LogP contribution >= 0.6 is 11.8 Å². The summed E-state index contributed by atoms with van der Waals surface area (Å²) < 4.78 is 25.4. The summed E-state index contributed by atoms with van der Waals surface area (Å²) in [6.45, 7) is 0.709. The van der Waals surface area contributed by atoms with Crippen LogP contribution in [0.2, 0.25) is 0 Å². The van der Waals surface area contributed by atoms with Crippen LogP contribution < -0.4 is 11.1 Å². The van der Waals surface area contributed by atoms with E-state index in [4.69, 9.17) is 5.73 Å². The van der Waals surface area contributed by atoms with Gasteiger partial charge in [-0.1, -0.05) is 30.3 Å².